The lowest BCUT2D eigenvalue weighted by molar-refractivity contribution is -0.131. The molecule has 5 aromatic rings. The van der Waals surface area contributed by atoms with Crippen LogP contribution in [0.4, 0.5) is 11.5 Å². The molecule has 9 nitrogen and oxygen atoms in total. The molecule has 54 heavy (non-hydrogen) atoms. The van der Waals surface area contributed by atoms with Gasteiger partial charge in [-0.1, -0.05) is 60.5 Å². The predicted octanol–water partition coefficient (Wildman–Crippen LogP) is 8.28. The quantitative estimate of drug-likeness (QED) is 0.143. The van der Waals surface area contributed by atoms with E-state index in [0.717, 1.165) is 38.1 Å². The molecule has 6 atom stereocenters. The van der Waals surface area contributed by atoms with Crippen molar-refractivity contribution in [2.45, 2.75) is 52.9 Å². The van der Waals surface area contributed by atoms with Gasteiger partial charge in [-0.25, -0.2) is 4.90 Å². The van der Waals surface area contributed by atoms with Crippen LogP contribution < -0.4 is 9.80 Å². The van der Waals surface area contributed by atoms with E-state index in [-0.39, 0.29) is 35.8 Å². The molecule has 4 heterocycles. The maximum Gasteiger partial charge on any atom is 0.242 e. The largest absolute Gasteiger partial charge is 0.507 e. The molecule has 11 heteroatoms. The van der Waals surface area contributed by atoms with Crippen LogP contribution in [0, 0.1) is 42.9 Å². The number of imide groups is 2. The molecule has 0 spiro atoms. The van der Waals surface area contributed by atoms with Crippen LogP contribution in [0.3, 0.4) is 0 Å². The van der Waals surface area contributed by atoms with Crippen LogP contribution >= 0.6 is 22.9 Å². The van der Waals surface area contributed by atoms with E-state index in [1.54, 1.807) is 42.1 Å². The summed E-state index contributed by atoms with van der Waals surface area (Å²) in [6, 6.07) is 20.5. The number of anilines is 2. The summed E-state index contributed by atoms with van der Waals surface area (Å²) in [5, 5.41) is 18.1. The average molecular weight is 759 g/mol. The third-order valence-corrected chi connectivity index (χ3v) is 14.2. The Kier molecular flexibility index (Phi) is 7.86. The number of phenols is 1. The number of hydrogen-bond acceptors (Lipinski definition) is 7. The van der Waals surface area contributed by atoms with Crippen molar-refractivity contribution in [3.63, 3.8) is 0 Å². The summed E-state index contributed by atoms with van der Waals surface area (Å²) in [6.07, 6.45) is 3.38. The Labute approximate surface area is 321 Å². The molecule has 0 radical (unpaired) electrons. The predicted molar refractivity (Wildman–Crippen MR) is 210 cm³/mol. The molecule has 3 fully saturated rings. The van der Waals surface area contributed by atoms with Gasteiger partial charge in [-0.2, -0.15) is 5.10 Å². The third-order valence-electron chi connectivity index (χ3n) is 12.7. The van der Waals surface area contributed by atoms with Crippen LogP contribution in [-0.2, 0) is 32.6 Å². The lowest BCUT2D eigenvalue weighted by Gasteiger charge is -2.49. The molecule has 4 aliphatic rings. The number of aromatic nitrogens is 2. The van der Waals surface area contributed by atoms with E-state index in [1.807, 2.05) is 74.5 Å². The number of fused-ring (bicyclic) bond motifs is 5. The van der Waals surface area contributed by atoms with Crippen LogP contribution in [0.15, 0.2) is 78.4 Å². The maximum atomic E-state index is 15.1. The van der Waals surface area contributed by atoms with Gasteiger partial charge in [-0.15, -0.1) is 11.3 Å². The van der Waals surface area contributed by atoms with Crippen molar-refractivity contribution >= 4 is 68.2 Å². The Morgan fingerprint density at radius 3 is 2.44 bits per heavy atom. The molecule has 1 N–H and O–H groups in total. The van der Waals surface area contributed by atoms with Gasteiger partial charge in [0.25, 0.3) is 0 Å². The molecule has 2 aromatic heterocycles. The van der Waals surface area contributed by atoms with Crippen molar-refractivity contribution in [2.24, 2.45) is 36.1 Å². The van der Waals surface area contributed by atoms with Crippen molar-refractivity contribution in [3.8, 4) is 16.3 Å². The van der Waals surface area contributed by atoms with E-state index in [4.69, 9.17) is 16.7 Å². The first-order valence-corrected chi connectivity index (χ1v) is 19.6. The number of para-hydroxylation sites is 1. The molecule has 0 bridgehead atoms. The van der Waals surface area contributed by atoms with Gasteiger partial charge in [0, 0.05) is 34.3 Å². The minimum absolute atomic E-state index is 0.0551. The van der Waals surface area contributed by atoms with Crippen molar-refractivity contribution in [3.05, 3.63) is 106 Å². The summed E-state index contributed by atoms with van der Waals surface area (Å²) >= 11 is 7.90. The third kappa shape index (κ3) is 4.72. The molecular weight excluding hydrogens is 720 g/mol. The molecule has 2 saturated heterocycles. The van der Waals surface area contributed by atoms with Gasteiger partial charge >= 0.3 is 0 Å². The van der Waals surface area contributed by atoms with E-state index < -0.39 is 35.0 Å². The zero-order valence-electron chi connectivity index (χ0n) is 30.6. The van der Waals surface area contributed by atoms with Gasteiger partial charge in [0.15, 0.2) is 0 Å². The number of carbonyl (C=O) groups is 4. The second-order valence-corrected chi connectivity index (χ2v) is 16.9. The first-order chi connectivity index (χ1) is 25.8. The standard InChI is InChI=1S/C43H39ClN4O5S/c1-6-23-10-13-25(14-11-23)47-39(50)27-16-15-26-30(35(27)41(47)52)19-31-40(51)48(42(53)43(31,4)36(26)28-9-7-8-21(2)37(28)49)34-20-32(45-46(34)5)38-22(3)29-18-24(44)12-17-33(29)54-38/h7-15,17-18,20,27,30-31,35-36,49H,6,16,19H2,1-5H3/t27-,30+,31-,35-,36+,43+/m0/s1. The molecule has 1 saturated carbocycles. The summed E-state index contributed by atoms with van der Waals surface area (Å²) in [7, 11) is 1.73. The highest BCUT2D eigenvalue weighted by molar-refractivity contribution is 7.22. The first kappa shape index (κ1) is 34.7. The number of hydrogen-bond donors (Lipinski definition) is 1. The number of halogens is 1. The fourth-order valence-corrected chi connectivity index (χ4v) is 11.2. The van der Waals surface area contributed by atoms with Crippen LogP contribution in [-0.4, -0.2) is 38.5 Å². The highest BCUT2D eigenvalue weighted by atomic mass is 35.5. The number of phenolic OH excluding ortho intramolecular Hbond substituents is 1. The van der Waals surface area contributed by atoms with Gasteiger partial charge in [-0.05, 0) is 98.4 Å². The Hall–Kier alpha value is -5.06. The Morgan fingerprint density at radius 1 is 0.944 bits per heavy atom. The van der Waals surface area contributed by atoms with Crippen molar-refractivity contribution < 1.29 is 24.3 Å². The summed E-state index contributed by atoms with van der Waals surface area (Å²) < 4.78 is 2.63. The number of amides is 4. The fraction of sp³-hybridized carbons (Fsp3) is 0.326. The molecule has 3 aromatic carbocycles. The number of carbonyl (C=O) groups excluding carboxylic acids is 4. The second-order valence-electron chi connectivity index (χ2n) is 15.4. The molecule has 274 valence electrons. The Bertz CT molecular complexity index is 2500. The van der Waals surface area contributed by atoms with Gasteiger partial charge in [0.2, 0.25) is 23.6 Å². The number of nitrogens with zero attached hydrogens (tertiary/aromatic N) is 4. The Morgan fingerprint density at radius 2 is 1.70 bits per heavy atom. The summed E-state index contributed by atoms with van der Waals surface area (Å²) in [4.78, 5) is 62.0. The van der Waals surface area contributed by atoms with E-state index in [2.05, 4.69) is 6.92 Å². The molecule has 0 unspecified atom stereocenters. The van der Waals surface area contributed by atoms with E-state index in [1.165, 1.54) is 9.80 Å². The number of allylic oxidation sites excluding steroid dienone is 2. The highest BCUT2D eigenvalue weighted by Crippen LogP contribution is 2.64. The van der Waals surface area contributed by atoms with Crippen LogP contribution in [0.1, 0.15) is 54.9 Å². The van der Waals surface area contributed by atoms with Gasteiger partial charge in [0.05, 0.1) is 33.7 Å². The van der Waals surface area contributed by atoms with Gasteiger partial charge in [-0.3, -0.25) is 28.8 Å². The number of aryl methyl sites for hydroxylation is 4. The summed E-state index contributed by atoms with van der Waals surface area (Å²) in [5.74, 6) is -4.21. The summed E-state index contributed by atoms with van der Waals surface area (Å²) in [5.41, 5.74) is 3.99. The van der Waals surface area contributed by atoms with Gasteiger partial charge < -0.3 is 5.11 Å². The lowest BCUT2D eigenvalue weighted by atomic mass is 9.51. The van der Waals surface area contributed by atoms with Gasteiger partial charge in [0.1, 0.15) is 17.3 Å². The average Bonchev–Trinajstić information content (AvgIpc) is 3.83. The number of thiophene rings is 1. The highest BCUT2D eigenvalue weighted by Gasteiger charge is 2.68. The normalized spacial score (nSPS) is 26.4. The number of aromatic hydroxyl groups is 1. The zero-order valence-corrected chi connectivity index (χ0v) is 32.2. The molecule has 2 aliphatic heterocycles. The van der Waals surface area contributed by atoms with E-state index >= 15 is 4.79 Å². The lowest BCUT2D eigenvalue weighted by Crippen LogP contribution is -2.49. The zero-order chi connectivity index (χ0) is 38.0. The molecule has 2 aliphatic carbocycles. The smallest absolute Gasteiger partial charge is 0.242 e. The molecule has 9 rings (SSSR count). The SMILES string of the molecule is CCc1ccc(N2C(=O)[C@H]3[C@H](CC=C4[C@H]3C[C@H]3C(=O)N(c5cc(-c6sc7ccc(Cl)cc7c6C)nn5C)C(=O)[C@@]3(C)[C@H]4c3cccc(C)c3O)C2=O)cc1. The molecule has 4 amide bonds. The van der Waals surface area contributed by atoms with E-state index in [0.29, 0.717) is 39.8 Å². The second kappa shape index (κ2) is 12.2. The number of rotatable bonds is 5. The van der Waals surface area contributed by atoms with Crippen molar-refractivity contribution in [2.75, 3.05) is 9.80 Å². The minimum atomic E-state index is -1.30. The maximum absolute atomic E-state index is 15.1. The first-order valence-electron chi connectivity index (χ1n) is 18.4. The minimum Gasteiger partial charge on any atom is -0.507 e. The van der Waals surface area contributed by atoms with Crippen molar-refractivity contribution in [1.29, 1.82) is 0 Å². The van der Waals surface area contributed by atoms with Crippen LogP contribution in [0.25, 0.3) is 20.7 Å². The fourth-order valence-electron chi connectivity index (χ4n) is 9.84. The van der Waals surface area contributed by atoms with Crippen LogP contribution in [0.5, 0.6) is 5.75 Å². The monoisotopic (exact) mass is 758 g/mol. The Balaban J connectivity index is 1.15. The topological polar surface area (TPSA) is 113 Å². The molecular formula is C43H39ClN4O5S. The van der Waals surface area contributed by atoms with Crippen molar-refractivity contribution in [1.82, 2.24) is 9.78 Å². The summed E-state index contributed by atoms with van der Waals surface area (Å²) in [6.45, 7) is 7.70. The number of benzene rings is 3. The van der Waals surface area contributed by atoms with Crippen LogP contribution in [0.2, 0.25) is 5.02 Å². The van der Waals surface area contributed by atoms with E-state index in [9.17, 15) is 19.5 Å².